The van der Waals surface area contributed by atoms with Crippen molar-refractivity contribution < 1.29 is 28.6 Å². The van der Waals surface area contributed by atoms with Gasteiger partial charge in [0, 0.05) is 11.8 Å². The molecule has 0 aromatic heterocycles. The zero-order valence-corrected chi connectivity index (χ0v) is 13.1. The zero-order chi connectivity index (χ0) is 17.7. The molecule has 0 aliphatic heterocycles. The van der Waals surface area contributed by atoms with Crippen LogP contribution in [0.5, 0.6) is 11.5 Å². The van der Waals surface area contributed by atoms with Crippen molar-refractivity contribution in [2.45, 2.75) is 13.0 Å². The van der Waals surface area contributed by atoms with E-state index in [0.29, 0.717) is 5.75 Å². The molecule has 1 amide bonds. The number of nitrogens with one attached hydrogen (secondary N) is 1. The first-order chi connectivity index (χ1) is 11.4. The number of anilines is 1. The van der Waals surface area contributed by atoms with Crippen LogP contribution in [0.15, 0.2) is 42.5 Å². The number of halogens is 1. The van der Waals surface area contributed by atoms with Gasteiger partial charge < -0.3 is 19.9 Å². The van der Waals surface area contributed by atoms with Gasteiger partial charge in [0.2, 0.25) is 0 Å². The summed E-state index contributed by atoms with van der Waals surface area (Å²) in [6.07, 6.45) is -1.14. The van der Waals surface area contributed by atoms with E-state index >= 15 is 0 Å². The number of benzene rings is 2. The van der Waals surface area contributed by atoms with Crippen LogP contribution >= 0.6 is 0 Å². The van der Waals surface area contributed by atoms with Crippen LogP contribution in [0.4, 0.5) is 10.1 Å². The number of ether oxygens (including phenoxy) is 2. The minimum Gasteiger partial charge on any atom is -0.507 e. The molecular formula is C17H16FNO5. The van der Waals surface area contributed by atoms with Crippen molar-refractivity contribution in [2.75, 3.05) is 12.4 Å². The van der Waals surface area contributed by atoms with Gasteiger partial charge in [0.15, 0.2) is 6.10 Å². The Morgan fingerprint density at radius 1 is 1.21 bits per heavy atom. The summed E-state index contributed by atoms with van der Waals surface area (Å²) < 4.78 is 23.0. The van der Waals surface area contributed by atoms with Gasteiger partial charge in [-0.2, -0.15) is 0 Å². The van der Waals surface area contributed by atoms with E-state index in [-0.39, 0.29) is 17.0 Å². The molecule has 0 unspecified atom stereocenters. The third kappa shape index (κ3) is 4.22. The maximum Gasteiger partial charge on any atom is 0.342 e. The van der Waals surface area contributed by atoms with E-state index < -0.39 is 23.8 Å². The van der Waals surface area contributed by atoms with Crippen LogP contribution in [0.2, 0.25) is 0 Å². The van der Waals surface area contributed by atoms with E-state index in [2.05, 4.69) is 5.32 Å². The molecular weight excluding hydrogens is 317 g/mol. The second-order valence-electron chi connectivity index (χ2n) is 4.93. The lowest BCUT2D eigenvalue weighted by Crippen LogP contribution is -2.30. The number of aromatic hydroxyl groups is 1. The molecule has 0 fully saturated rings. The van der Waals surface area contributed by atoms with Gasteiger partial charge in [-0.05, 0) is 37.3 Å². The van der Waals surface area contributed by atoms with E-state index in [9.17, 15) is 19.1 Å². The van der Waals surface area contributed by atoms with Crippen molar-refractivity contribution in [1.82, 2.24) is 0 Å². The Hall–Kier alpha value is -3.09. The molecule has 0 spiro atoms. The van der Waals surface area contributed by atoms with Crippen LogP contribution in [0.3, 0.4) is 0 Å². The number of carbonyl (C=O) groups excluding carboxylic acids is 2. The predicted octanol–water partition coefficient (Wildman–Crippen LogP) is 2.72. The molecule has 6 nitrogen and oxygen atoms in total. The summed E-state index contributed by atoms with van der Waals surface area (Å²) in [6, 6.07) is 9.39. The van der Waals surface area contributed by atoms with Crippen LogP contribution in [0.1, 0.15) is 17.3 Å². The Balaban J connectivity index is 2.01. The van der Waals surface area contributed by atoms with Crippen molar-refractivity contribution in [3.05, 3.63) is 53.8 Å². The van der Waals surface area contributed by atoms with E-state index in [1.165, 1.54) is 50.4 Å². The number of hydrogen-bond acceptors (Lipinski definition) is 5. The fraction of sp³-hybridized carbons (Fsp3) is 0.176. The van der Waals surface area contributed by atoms with Gasteiger partial charge in [0.25, 0.3) is 5.91 Å². The smallest absolute Gasteiger partial charge is 0.342 e. The fourth-order valence-electron chi connectivity index (χ4n) is 1.90. The minimum atomic E-state index is -1.14. The van der Waals surface area contributed by atoms with Gasteiger partial charge in [-0.3, -0.25) is 4.79 Å². The molecule has 0 saturated carbocycles. The predicted molar refractivity (Wildman–Crippen MR) is 84.6 cm³/mol. The molecule has 2 aromatic carbocycles. The highest BCUT2D eigenvalue weighted by atomic mass is 19.1. The first-order valence-electron chi connectivity index (χ1n) is 7.05. The Kier molecular flexibility index (Phi) is 5.36. The maximum atomic E-state index is 13.1. The quantitative estimate of drug-likeness (QED) is 0.822. The average molecular weight is 333 g/mol. The summed E-state index contributed by atoms with van der Waals surface area (Å²) in [7, 11) is 1.42. The summed E-state index contributed by atoms with van der Waals surface area (Å²) in [5, 5.41) is 12.2. The minimum absolute atomic E-state index is 0.0961. The highest BCUT2D eigenvalue weighted by Crippen LogP contribution is 2.24. The van der Waals surface area contributed by atoms with Gasteiger partial charge in [0.1, 0.15) is 22.9 Å². The summed E-state index contributed by atoms with van der Waals surface area (Å²) in [6.45, 7) is 1.37. The number of rotatable bonds is 5. The van der Waals surface area contributed by atoms with Crippen LogP contribution in [0.25, 0.3) is 0 Å². The molecule has 126 valence electrons. The third-order valence-corrected chi connectivity index (χ3v) is 3.17. The first-order valence-corrected chi connectivity index (χ1v) is 7.05. The van der Waals surface area contributed by atoms with Crippen molar-refractivity contribution in [1.29, 1.82) is 0 Å². The van der Waals surface area contributed by atoms with Crippen LogP contribution in [0, 0.1) is 5.82 Å². The molecule has 2 aromatic rings. The highest BCUT2D eigenvalue weighted by Gasteiger charge is 2.21. The molecule has 2 rings (SSSR count). The van der Waals surface area contributed by atoms with Gasteiger partial charge in [-0.1, -0.05) is 6.07 Å². The fourth-order valence-corrected chi connectivity index (χ4v) is 1.90. The largest absolute Gasteiger partial charge is 0.507 e. The Morgan fingerprint density at radius 3 is 2.58 bits per heavy atom. The SMILES string of the molecule is COc1ccc(C(=O)O[C@@H](C)C(=O)Nc2cccc(F)c2)c(O)c1. The lowest BCUT2D eigenvalue weighted by Gasteiger charge is -2.14. The number of methoxy groups -OCH3 is 1. The average Bonchev–Trinajstić information content (AvgIpc) is 2.54. The number of phenolic OH excluding ortho intramolecular Hbond substituents is 1. The third-order valence-electron chi connectivity index (χ3n) is 3.17. The number of phenols is 1. The molecule has 0 heterocycles. The van der Waals surface area contributed by atoms with E-state index in [1.807, 2.05) is 0 Å². The Labute approximate surface area is 137 Å². The molecule has 24 heavy (non-hydrogen) atoms. The first kappa shape index (κ1) is 17.3. The molecule has 1 atom stereocenters. The molecule has 0 aliphatic rings. The van der Waals surface area contributed by atoms with Crippen molar-refractivity contribution >= 4 is 17.6 Å². The van der Waals surface area contributed by atoms with Crippen molar-refractivity contribution in [3.8, 4) is 11.5 Å². The number of carbonyl (C=O) groups is 2. The number of esters is 1. The molecule has 7 heteroatoms. The van der Waals surface area contributed by atoms with Crippen LogP contribution < -0.4 is 10.1 Å². The maximum absolute atomic E-state index is 13.1. The lowest BCUT2D eigenvalue weighted by atomic mass is 10.2. The summed E-state index contributed by atoms with van der Waals surface area (Å²) in [5.74, 6) is -1.93. The van der Waals surface area contributed by atoms with E-state index in [1.54, 1.807) is 0 Å². The molecule has 0 bridgehead atoms. The molecule has 0 radical (unpaired) electrons. The van der Waals surface area contributed by atoms with E-state index in [0.717, 1.165) is 6.07 Å². The summed E-state index contributed by atoms with van der Waals surface area (Å²) in [5.41, 5.74) is 0.149. The van der Waals surface area contributed by atoms with Gasteiger partial charge in [-0.15, -0.1) is 0 Å². The highest BCUT2D eigenvalue weighted by molar-refractivity contribution is 5.98. The van der Waals surface area contributed by atoms with Crippen molar-refractivity contribution in [2.24, 2.45) is 0 Å². The second kappa shape index (κ2) is 7.45. The molecule has 0 saturated heterocycles. The summed E-state index contributed by atoms with van der Waals surface area (Å²) in [4.78, 5) is 24.0. The second-order valence-corrected chi connectivity index (χ2v) is 4.93. The van der Waals surface area contributed by atoms with Gasteiger partial charge >= 0.3 is 5.97 Å². The molecule has 2 N–H and O–H groups in total. The summed E-state index contributed by atoms with van der Waals surface area (Å²) >= 11 is 0. The van der Waals surface area contributed by atoms with Crippen LogP contribution in [-0.2, 0) is 9.53 Å². The normalized spacial score (nSPS) is 11.5. The van der Waals surface area contributed by atoms with Crippen molar-refractivity contribution in [3.63, 3.8) is 0 Å². The van der Waals surface area contributed by atoms with Gasteiger partial charge in [0.05, 0.1) is 7.11 Å². The Morgan fingerprint density at radius 2 is 1.96 bits per heavy atom. The monoisotopic (exact) mass is 333 g/mol. The van der Waals surface area contributed by atoms with E-state index in [4.69, 9.17) is 9.47 Å². The molecule has 0 aliphatic carbocycles. The number of amides is 1. The van der Waals surface area contributed by atoms with Crippen LogP contribution in [-0.4, -0.2) is 30.2 Å². The Bertz CT molecular complexity index is 762. The zero-order valence-electron chi connectivity index (χ0n) is 13.1. The standard InChI is InChI=1S/C17H16FNO5/c1-10(16(21)19-12-5-3-4-11(18)8-12)24-17(22)14-7-6-13(23-2)9-15(14)20/h3-10,20H,1-2H3,(H,19,21)/t10-/m0/s1. The topological polar surface area (TPSA) is 84.9 Å². The lowest BCUT2D eigenvalue weighted by molar-refractivity contribution is -0.123. The number of hydrogen-bond donors (Lipinski definition) is 2. The van der Waals surface area contributed by atoms with Gasteiger partial charge in [-0.25, -0.2) is 9.18 Å².